The minimum atomic E-state index is -3.20. The highest BCUT2D eigenvalue weighted by Gasteiger charge is 2.41. The number of hydrogen-bond acceptors (Lipinski definition) is 4. The first-order valence-corrected chi connectivity index (χ1v) is 9.40. The number of ether oxygens (including phenoxy) is 1. The van der Waals surface area contributed by atoms with Gasteiger partial charge in [-0.2, -0.15) is 4.31 Å². The average molecular weight is 317 g/mol. The molecule has 2 amide bonds. The lowest BCUT2D eigenvalue weighted by atomic mass is 10.1. The van der Waals surface area contributed by atoms with Gasteiger partial charge in [0.2, 0.25) is 10.0 Å². The molecule has 21 heavy (non-hydrogen) atoms. The molecule has 2 atom stereocenters. The Morgan fingerprint density at radius 1 is 1.05 bits per heavy atom. The van der Waals surface area contributed by atoms with Crippen LogP contribution >= 0.6 is 0 Å². The molecule has 3 saturated heterocycles. The van der Waals surface area contributed by atoms with Gasteiger partial charge in [0.25, 0.3) is 0 Å². The van der Waals surface area contributed by atoms with E-state index in [2.05, 4.69) is 0 Å². The van der Waals surface area contributed by atoms with Gasteiger partial charge in [-0.15, -0.1) is 0 Å². The van der Waals surface area contributed by atoms with Crippen LogP contribution < -0.4 is 0 Å². The standard InChI is InChI=1S/C13H23N3O4S/c1-21(18,19)16-6-7-20-12-10-15(8-11(12)9-16)13(17)14-4-2-3-5-14/h11-12H,2-10H2,1H3/t11-,12-/m0/s1. The van der Waals surface area contributed by atoms with Gasteiger partial charge >= 0.3 is 6.03 Å². The summed E-state index contributed by atoms with van der Waals surface area (Å²) in [5.41, 5.74) is 0. The first-order valence-electron chi connectivity index (χ1n) is 7.56. The van der Waals surface area contributed by atoms with Crippen molar-refractivity contribution in [1.82, 2.24) is 14.1 Å². The maximum Gasteiger partial charge on any atom is 0.320 e. The molecule has 0 saturated carbocycles. The molecule has 0 spiro atoms. The summed E-state index contributed by atoms with van der Waals surface area (Å²) in [4.78, 5) is 16.1. The molecule has 0 aliphatic carbocycles. The predicted octanol–water partition coefficient (Wildman–Crippen LogP) is -0.206. The third kappa shape index (κ3) is 3.17. The average Bonchev–Trinajstić information content (AvgIpc) is 3.03. The minimum Gasteiger partial charge on any atom is -0.375 e. The van der Waals surface area contributed by atoms with Gasteiger partial charge in [0.15, 0.2) is 0 Å². The van der Waals surface area contributed by atoms with E-state index < -0.39 is 10.0 Å². The van der Waals surface area contributed by atoms with Gasteiger partial charge in [0.05, 0.1) is 19.0 Å². The van der Waals surface area contributed by atoms with Crippen molar-refractivity contribution in [1.29, 1.82) is 0 Å². The van der Waals surface area contributed by atoms with E-state index in [1.165, 1.54) is 10.6 Å². The van der Waals surface area contributed by atoms with E-state index in [0.29, 0.717) is 32.8 Å². The van der Waals surface area contributed by atoms with Crippen LogP contribution in [0.4, 0.5) is 4.79 Å². The highest BCUT2D eigenvalue weighted by molar-refractivity contribution is 7.88. The molecule has 3 heterocycles. The van der Waals surface area contributed by atoms with Gasteiger partial charge in [0.1, 0.15) is 0 Å². The Bertz CT molecular complexity index is 504. The zero-order valence-corrected chi connectivity index (χ0v) is 13.2. The maximum absolute atomic E-state index is 12.4. The zero-order chi connectivity index (χ0) is 15.0. The third-order valence-corrected chi connectivity index (χ3v) is 5.88. The fourth-order valence-electron chi connectivity index (χ4n) is 3.43. The summed E-state index contributed by atoms with van der Waals surface area (Å²) < 4.78 is 30.7. The molecule has 0 N–H and O–H groups in total. The molecule has 0 bridgehead atoms. The van der Waals surface area contributed by atoms with E-state index in [9.17, 15) is 13.2 Å². The van der Waals surface area contributed by atoms with Gasteiger partial charge in [-0.25, -0.2) is 13.2 Å². The smallest absolute Gasteiger partial charge is 0.320 e. The van der Waals surface area contributed by atoms with Crippen molar-refractivity contribution >= 4 is 16.1 Å². The number of sulfonamides is 1. The van der Waals surface area contributed by atoms with Crippen molar-refractivity contribution in [3.05, 3.63) is 0 Å². The van der Waals surface area contributed by atoms with E-state index in [4.69, 9.17) is 4.74 Å². The summed E-state index contributed by atoms with van der Waals surface area (Å²) in [6.07, 6.45) is 3.34. The number of urea groups is 1. The first kappa shape index (κ1) is 15.1. The van der Waals surface area contributed by atoms with E-state index in [-0.39, 0.29) is 18.1 Å². The van der Waals surface area contributed by atoms with Crippen LogP contribution in [-0.4, -0.2) is 86.8 Å². The molecule has 3 aliphatic heterocycles. The molecular formula is C13H23N3O4S. The second-order valence-electron chi connectivity index (χ2n) is 6.17. The third-order valence-electron chi connectivity index (χ3n) is 4.61. The van der Waals surface area contributed by atoms with Crippen LogP contribution in [0.15, 0.2) is 0 Å². The van der Waals surface area contributed by atoms with E-state index in [1.807, 2.05) is 9.80 Å². The SMILES string of the molecule is CS(=O)(=O)N1CCO[C@H]2CN(C(=O)N3CCCC3)C[C@H]2C1. The van der Waals surface area contributed by atoms with Crippen LogP contribution in [0.2, 0.25) is 0 Å². The van der Waals surface area contributed by atoms with Crippen LogP contribution in [0, 0.1) is 5.92 Å². The normalized spacial score (nSPS) is 31.3. The second-order valence-corrected chi connectivity index (χ2v) is 8.15. The van der Waals surface area contributed by atoms with Crippen molar-refractivity contribution in [2.75, 3.05) is 52.1 Å². The Kier molecular flexibility index (Phi) is 4.11. The lowest BCUT2D eigenvalue weighted by Crippen LogP contribution is -2.42. The highest BCUT2D eigenvalue weighted by Crippen LogP contribution is 2.26. The lowest BCUT2D eigenvalue weighted by molar-refractivity contribution is 0.0528. The Hall–Kier alpha value is -0.860. The van der Waals surface area contributed by atoms with Gasteiger partial charge in [-0.3, -0.25) is 0 Å². The molecule has 0 unspecified atom stereocenters. The van der Waals surface area contributed by atoms with Crippen molar-refractivity contribution in [3.8, 4) is 0 Å². The van der Waals surface area contributed by atoms with Crippen molar-refractivity contribution in [2.24, 2.45) is 5.92 Å². The summed E-state index contributed by atoms with van der Waals surface area (Å²) in [7, 11) is -3.20. The monoisotopic (exact) mass is 317 g/mol. The first-order chi connectivity index (χ1) is 9.95. The number of carbonyl (C=O) groups is 1. The van der Waals surface area contributed by atoms with Crippen LogP contribution in [-0.2, 0) is 14.8 Å². The number of rotatable bonds is 1. The Morgan fingerprint density at radius 3 is 2.43 bits per heavy atom. The number of fused-ring (bicyclic) bond motifs is 1. The number of nitrogens with zero attached hydrogens (tertiary/aromatic N) is 3. The lowest BCUT2D eigenvalue weighted by Gasteiger charge is -2.25. The zero-order valence-electron chi connectivity index (χ0n) is 12.4. The summed E-state index contributed by atoms with van der Waals surface area (Å²) in [5, 5.41) is 0. The predicted molar refractivity (Wildman–Crippen MR) is 77.4 cm³/mol. The molecule has 3 aliphatic rings. The van der Waals surface area contributed by atoms with Gasteiger partial charge in [-0.05, 0) is 12.8 Å². The van der Waals surface area contributed by atoms with Crippen molar-refractivity contribution in [3.63, 3.8) is 0 Å². The second kappa shape index (κ2) is 5.73. The molecule has 0 aromatic heterocycles. The Balaban J connectivity index is 1.66. The summed E-state index contributed by atoms with van der Waals surface area (Å²) >= 11 is 0. The van der Waals surface area contributed by atoms with Crippen molar-refractivity contribution < 1.29 is 17.9 Å². The number of hydrogen-bond donors (Lipinski definition) is 0. The summed E-state index contributed by atoms with van der Waals surface area (Å²) in [6, 6.07) is 0.0788. The van der Waals surface area contributed by atoms with Gasteiger partial charge in [0, 0.05) is 45.2 Å². The molecule has 0 aromatic carbocycles. The topological polar surface area (TPSA) is 70.2 Å². The van der Waals surface area contributed by atoms with E-state index in [1.54, 1.807) is 0 Å². The summed E-state index contributed by atoms with van der Waals surface area (Å²) in [5.74, 6) is 0.0776. The van der Waals surface area contributed by atoms with Gasteiger partial charge in [-0.1, -0.05) is 0 Å². The number of carbonyl (C=O) groups excluding carboxylic acids is 1. The fraction of sp³-hybridized carbons (Fsp3) is 0.923. The Labute approximate surface area is 125 Å². The molecule has 3 rings (SSSR count). The van der Waals surface area contributed by atoms with E-state index >= 15 is 0 Å². The quantitative estimate of drug-likeness (QED) is 0.671. The Morgan fingerprint density at radius 2 is 1.76 bits per heavy atom. The molecule has 0 radical (unpaired) electrons. The van der Waals surface area contributed by atoms with Crippen LogP contribution in [0.5, 0.6) is 0 Å². The fourth-order valence-corrected chi connectivity index (χ4v) is 4.30. The molecule has 0 aromatic rings. The molecular weight excluding hydrogens is 294 g/mol. The van der Waals surface area contributed by atoms with Crippen LogP contribution in [0.1, 0.15) is 12.8 Å². The molecule has 120 valence electrons. The molecule has 3 fully saturated rings. The number of likely N-dealkylation sites (tertiary alicyclic amines) is 2. The molecule has 7 nitrogen and oxygen atoms in total. The van der Waals surface area contributed by atoms with Gasteiger partial charge < -0.3 is 14.5 Å². The van der Waals surface area contributed by atoms with Crippen molar-refractivity contribution in [2.45, 2.75) is 18.9 Å². The summed E-state index contributed by atoms with van der Waals surface area (Å²) in [6.45, 7) is 4.10. The maximum atomic E-state index is 12.4. The van der Waals surface area contributed by atoms with Crippen LogP contribution in [0.25, 0.3) is 0 Å². The van der Waals surface area contributed by atoms with E-state index in [0.717, 1.165) is 25.9 Å². The molecule has 8 heteroatoms. The minimum absolute atomic E-state index is 0.0386. The highest BCUT2D eigenvalue weighted by atomic mass is 32.2. The van der Waals surface area contributed by atoms with Crippen LogP contribution in [0.3, 0.4) is 0 Å². The number of amides is 2. The largest absolute Gasteiger partial charge is 0.375 e.